The maximum Gasteiger partial charge on any atom is 0.191 e. The Morgan fingerprint density at radius 2 is 2.13 bits per heavy atom. The third-order valence-corrected chi connectivity index (χ3v) is 5.53. The Balaban J connectivity index is 1.38. The Hall–Kier alpha value is -3.53. The van der Waals surface area contributed by atoms with Crippen molar-refractivity contribution < 1.29 is 0 Å². The van der Waals surface area contributed by atoms with Gasteiger partial charge in [0.05, 0.1) is 23.5 Å². The summed E-state index contributed by atoms with van der Waals surface area (Å²) in [4.78, 5) is 11.4. The van der Waals surface area contributed by atoms with Gasteiger partial charge in [-0.3, -0.25) is 4.99 Å². The van der Waals surface area contributed by atoms with Crippen LogP contribution in [-0.4, -0.2) is 41.5 Å². The van der Waals surface area contributed by atoms with Crippen LogP contribution < -0.4 is 15.5 Å². The van der Waals surface area contributed by atoms with E-state index in [-0.39, 0.29) is 6.04 Å². The lowest BCUT2D eigenvalue weighted by Crippen LogP contribution is -2.51. The molecule has 154 valence electrons. The molecule has 1 atom stereocenters. The molecule has 2 N–H and O–H groups in total. The molecule has 1 aliphatic heterocycles. The lowest BCUT2D eigenvalue weighted by molar-refractivity contribution is 0.467. The summed E-state index contributed by atoms with van der Waals surface area (Å²) < 4.78 is 2.10. The number of nitriles is 1. The van der Waals surface area contributed by atoms with Crippen LogP contribution in [0.15, 0.2) is 53.7 Å². The maximum atomic E-state index is 9.42. The summed E-state index contributed by atoms with van der Waals surface area (Å²) in [6.07, 6.45) is 4.20. The van der Waals surface area contributed by atoms with Crippen molar-refractivity contribution in [3.63, 3.8) is 0 Å². The number of aliphatic imine (C=N–C) groups is 1. The molecule has 0 spiro atoms. The van der Waals surface area contributed by atoms with Crippen LogP contribution in [0.5, 0.6) is 0 Å². The number of nitrogens with one attached hydrogen (secondary N) is 2. The smallest absolute Gasteiger partial charge is 0.191 e. The topological polar surface area (TPSA) is 80.8 Å². The normalized spacial score (nSPS) is 17.0. The Morgan fingerprint density at radius 3 is 2.93 bits per heavy atom. The van der Waals surface area contributed by atoms with E-state index in [0.717, 1.165) is 60.2 Å². The van der Waals surface area contributed by atoms with Gasteiger partial charge >= 0.3 is 0 Å². The second kappa shape index (κ2) is 8.87. The van der Waals surface area contributed by atoms with Crippen LogP contribution in [0.1, 0.15) is 29.8 Å². The number of imidazole rings is 1. The van der Waals surface area contributed by atoms with Gasteiger partial charge in [-0.15, -0.1) is 0 Å². The van der Waals surface area contributed by atoms with Gasteiger partial charge in [0.25, 0.3) is 0 Å². The fourth-order valence-electron chi connectivity index (χ4n) is 4.00. The average Bonchev–Trinajstić information content (AvgIpc) is 3.21. The molecule has 3 heterocycles. The highest BCUT2D eigenvalue weighted by molar-refractivity contribution is 5.80. The van der Waals surface area contributed by atoms with Crippen molar-refractivity contribution in [3.05, 3.63) is 65.6 Å². The summed E-state index contributed by atoms with van der Waals surface area (Å²) in [5.74, 6) is 0.768. The van der Waals surface area contributed by atoms with Gasteiger partial charge in [0.2, 0.25) is 0 Å². The van der Waals surface area contributed by atoms with Gasteiger partial charge in [-0.1, -0.05) is 18.2 Å². The molecule has 1 fully saturated rings. The van der Waals surface area contributed by atoms with Crippen molar-refractivity contribution in [3.8, 4) is 6.07 Å². The minimum Gasteiger partial charge on any atom is -0.368 e. The highest BCUT2D eigenvalue weighted by atomic mass is 15.2. The Bertz CT molecular complexity index is 1090. The number of nitrogens with zero attached hydrogens (tertiary/aromatic N) is 5. The largest absolute Gasteiger partial charge is 0.368 e. The first-order chi connectivity index (χ1) is 14.7. The highest BCUT2D eigenvalue weighted by Gasteiger charge is 2.22. The summed E-state index contributed by atoms with van der Waals surface area (Å²) in [7, 11) is 1.79. The summed E-state index contributed by atoms with van der Waals surface area (Å²) in [5, 5.41) is 16.3. The third kappa shape index (κ3) is 4.23. The lowest BCUT2D eigenvalue weighted by atomic mass is 10.0. The molecule has 0 bridgehead atoms. The van der Waals surface area contributed by atoms with Gasteiger partial charge in [-0.25, -0.2) is 4.98 Å². The number of fused-ring (bicyclic) bond motifs is 1. The number of piperidine rings is 1. The van der Waals surface area contributed by atoms with Crippen molar-refractivity contribution in [1.82, 2.24) is 20.0 Å². The van der Waals surface area contributed by atoms with Gasteiger partial charge in [-0.2, -0.15) is 5.26 Å². The zero-order valence-corrected chi connectivity index (χ0v) is 17.5. The molecule has 0 aliphatic carbocycles. The number of rotatable bonds is 4. The summed E-state index contributed by atoms with van der Waals surface area (Å²) in [6.45, 7) is 4.48. The molecule has 1 unspecified atom stereocenters. The highest BCUT2D eigenvalue weighted by Crippen LogP contribution is 2.23. The van der Waals surface area contributed by atoms with Crippen LogP contribution in [0.25, 0.3) is 5.65 Å². The third-order valence-electron chi connectivity index (χ3n) is 5.53. The summed E-state index contributed by atoms with van der Waals surface area (Å²) in [6, 6.07) is 16.5. The van der Waals surface area contributed by atoms with E-state index in [0.29, 0.717) is 6.54 Å². The molecule has 1 aromatic carbocycles. The summed E-state index contributed by atoms with van der Waals surface area (Å²) >= 11 is 0. The van der Waals surface area contributed by atoms with Crippen LogP contribution in [0.4, 0.5) is 5.69 Å². The molecule has 7 heteroatoms. The lowest BCUT2D eigenvalue weighted by Gasteiger charge is -2.35. The van der Waals surface area contributed by atoms with E-state index < -0.39 is 0 Å². The molecule has 0 amide bonds. The van der Waals surface area contributed by atoms with E-state index in [4.69, 9.17) is 0 Å². The number of aromatic nitrogens is 2. The molecule has 2 aromatic heterocycles. The zero-order chi connectivity index (χ0) is 20.9. The molecule has 0 saturated carbocycles. The Kier molecular flexibility index (Phi) is 5.84. The molecule has 4 rings (SSSR count). The molecule has 30 heavy (non-hydrogen) atoms. The van der Waals surface area contributed by atoms with Crippen LogP contribution in [0.3, 0.4) is 0 Å². The fraction of sp³-hybridized carbons (Fsp3) is 0.348. The van der Waals surface area contributed by atoms with Crippen molar-refractivity contribution in [1.29, 1.82) is 5.26 Å². The van der Waals surface area contributed by atoms with Gasteiger partial charge in [0, 0.05) is 38.1 Å². The first-order valence-corrected chi connectivity index (χ1v) is 10.3. The van der Waals surface area contributed by atoms with E-state index >= 15 is 0 Å². The first-order valence-electron chi connectivity index (χ1n) is 10.3. The second-order valence-corrected chi connectivity index (χ2v) is 7.61. The van der Waals surface area contributed by atoms with Gasteiger partial charge in [0.1, 0.15) is 11.7 Å². The number of benzene rings is 1. The standard InChI is InChI=1S/C23H27N7/c1-17-7-5-11-22-27-20(16-30(17)22)14-26-23(25-2)28-19-9-6-12-29(15-19)21-10-4-3-8-18(21)13-24/h3-5,7-8,10-11,16,19H,6,9,12,14-15H2,1-2H3,(H2,25,26,28). The molecular formula is C23H27N7. The predicted octanol–water partition coefficient (Wildman–Crippen LogP) is 2.85. The average molecular weight is 402 g/mol. The maximum absolute atomic E-state index is 9.42. The Labute approximate surface area is 177 Å². The fourth-order valence-corrected chi connectivity index (χ4v) is 4.00. The number of guanidine groups is 1. The molecule has 3 aromatic rings. The SMILES string of the molecule is CN=C(NCc1cn2c(C)cccc2n1)NC1CCCN(c2ccccc2C#N)C1. The van der Waals surface area contributed by atoms with E-state index in [9.17, 15) is 5.26 Å². The molecular weight excluding hydrogens is 374 g/mol. The molecule has 1 aliphatic rings. The van der Waals surface area contributed by atoms with Crippen molar-refractivity contribution in [2.45, 2.75) is 32.4 Å². The molecule has 1 saturated heterocycles. The number of hydrogen-bond acceptors (Lipinski definition) is 4. The van der Waals surface area contributed by atoms with Crippen molar-refractivity contribution in [2.75, 3.05) is 25.0 Å². The van der Waals surface area contributed by atoms with Crippen LogP contribution >= 0.6 is 0 Å². The van der Waals surface area contributed by atoms with E-state index in [1.807, 2.05) is 36.4 Å². The van der Waals surface area contributed by atoms with Crippen LogP contribution in [-0.2, 0) is 6.54 Å². The minimum atomic E-state index is 0.264. The Morgan fingerprint density at radius 1 is 1.27 bits per heavy atom. The van der Waals surface area contributed by atoms with Crippen LogP contribution in [0, 0.1) is 18.3 Å². The second-order valence-electron chi connectivity index (χ2n) is 7.61. The van der Waals surface area contributed by atoms with Gasteiger partial charge in [0.15, 0.2) is 5.96 Å². The summed E-state index contributed by atoms with van der Waals surface area (Å²) in [5.41, 5.74) is 4.82. The van der Waals surface area contributed by atoms with Crippen LogP contribution in [0.2, 0.25) is 0 Å². The van der Waals surface area contributed by atoms with Gasteiger partial charge in [-0.05, 0) is 44.0 Å². The number of anilines is 1. The molecule has 0 radical (unpaired) electrons. The van der Waals surface area contributed by atoms with E-state index in [1.54, 1.807) is 7.05 Å². The van der Waals surface area contributed by atoms with Crippen molar-refractivity contribution in [2.24, 2.45) is 4.99 Å². The quantitative estimate of drug-likeness (QED) is 0.519. The molecule has 7 nitrogen and oxygen atoms in total. The number of pyridine rings is 1. The number of para-hydroxylation sites is 1. The van der Waals surface area contributed by atoms with Crippen molar-refractivity contribution >= 4 is 17.3 Å². The van der Waals surface area contributed by atoms with E-state index in [2.05, 4.69) is 55.2 Å². The first kappa shape index (κ1) is 19.8. The van der Waals surface area contributed by atoms with E-state index in [1.165, 1.54) is 0 Å². The zero-order valence-electron chi connectivity index (χ0n) is 17.5. The number of hydrogen-bond donors (Lipinski definition) is 2. The van der Waals surface area contributed by atoms with Gasteiger partial charge < -0.3 is 19.9 Å². The number of aryl methyl sites for hydroxylation is 1. The monoisotopic (exact) mass is 401 g/mol. The predicted molar refractivity (Wildman–Crippen MR) is 120 cm³/mol. The minimum absolute atomic E-state index is 0.264.